The van der Waals surface area contributed by atoms with Gasteiger partial charge in [-0.1, -0.05) is 65.8 Å². The number of rotatable bonds is 4. The summed E-state index contributed by atoms with van der Waals surface area (Å²) in [6.07, 6.45) is -0.873. The molecular weight excluding hydrogens is 352 g/mol. The van der Waals surface area contributed by atoms with Gasteiger partial charge in [-0.2, -0.15) is 0 Å². The molecule has 0 heterocycles. The molecule has 0 amide bonds. The minimum atomic E-state index is -0.437. The second-order valence-corrected chi connectivity index (χ2v) is 9.08. The molecule has 0 unspecified atom stereocenters. The third-order valence-corrected chi connectivity index (χ3v) is 4.50. The van der Waals surface area contributed by atoms with Crippen LogP contribution < -0.4 is 9.47 Å². The van der Waals surface area contributed by atoms with E-state index in [1.165, 1.54) is 0 Å². The highest BCUT2D eigenvalue weighted by Crippen LogP contribution is 2.33. The predicted octanol–water partition coefficient (Wildman–Crippen LogP) is 5.55. The van der Waals surface area contributed by atoms with Crippen LogP contribution in [0.5, 0.6) is 11.5 Å². The summed E-state index contributed by atoms with van der Waals surface area (Å²) < 4.78 is 10.1. The van der Waals surface area contributed by atoms with Gasteiger partial charge in [-0.25, -0.2) is 0 Å². The summed E-state index contributed by atoms with van der Waals surface area (Å²) in [6, 6.07) is 15.1. The highest BCUT2D eigenvalue weighted by atomic mass is 16.5. The number of benzene rings is 2. The monoisotopic (exact) mass is 388 g/mol. The Bertz CT molecular complexity index is 628. The van der Waals surface area contributed by atoms with Gasteiger partial charge in [0.2, 0.25) is 0 Å². The minimum Gasteiger partial charge on any atom is -0.497 e. The van der Waals surface area contributed by atoms with Crippen LogP contribution >= 0.6 is 0 Å². The molecule has 0 aliphatic heterocycles. The van der Waals surface area contributed by atoms with Crippen LogP contribution in [-0.2, 0) is 0 Å². The molecule has 156 valence electrons. The molecule has 2 aromatic carbocycles. The van der Waals surface area contributed by atoms with Crippen LogP contribution in [0.1, 0.15) is 64.9 Å². The van der Waals surface area contributed by atoms with Gasteiger partial charge in [0, 0.05) is 0 Å². The summed E-state index contributed by atoms with van der Waals surface area (Å²) in [5, 5.41) is 20.0. The molecular formula is C24H36O4. The molecule has 0 spiro atoms. The summed E-state index contributed by atoms with van der Waals surface area (Å²) >= 11 is 0. The van der Waals surface area contributed by atoms with Crippen LogP contribution in [0.2, 0.25) is 0 Å². The first kappa shape index (κ1) is 24.0. The molecule has 0 fully saturated rings. The fourth-order valence-electron chi connectivity index (χ4n) is 2.57. The Labute approximate surface area is 170 Å². The SMILES string of the molecule is COc1ccc([C@@H](O)C(C)(C)C)cc1.COc1ccc([C@H](O)C(C)(C)C)cc1. The van der Waals surface area contributed by atoms with Crippen LogP contribution in [-0.4, -0.2) is 24.4 Å². The number of hydrogen-bond donors (Lipinski definition) is 2. The largest absolute Gasteiger partial charge is 0.497 e. The van der Waals surface area contributed by atoms with Gasteiger partial charge in [0.15, 0.2) is 0 Å². The Hall–Kier alpha value is -2.04. The van der Waals surface area contributed by atoms with Gasteiger partial charge in [-0.3, -0.25) is 0 Å². The lowest BCUT2D eigenvalue weighted by Crippen LogP contribution is -2.17. The van der Waals surface area contributed by atoms with E-state index in [1.807, 2.05) is 90.1 Å². The second kappa shape index (κ2) is 9.94. The molecule has 0 saturated heterocycles. The normalized spacial score (nSPS) is 13.8. The molecule has 2 rings (SSSR count). The van der Waals surface area contributed by atoms with Crippen molar-refractivity contribution in [1.82, 2.24) is 0 Å². The average Bonchev–Trinajstić information content (AvgIpc) is 2.66. The van der Waals surface area contributed by atoms with E-state index < -0.39 is 12.2 Å². The summed E-state index contributed by atoms with van der Waals surface area (Å²) in [5.41, 5.74) is 1.60. The van der Waals surface area contributed by atoms with Crippen molar-refractivity contribution in [2.75, 3.05) is 14.2 Å². The second-order valence-electron chi connectivity index (χ2n) is 9.08. The third kappa shape index (κ3) is 7.17. The summed E-state index contributed by atoms with van der Waals surface area (Å²) in [5.74, 6) is 1.63. The van der Waals surface area contributed by atoms with E-state index in [4.69, 9.17) is 9.47 Å². The molecule has 0 aromatic heterocycles. The minimum absolute atomic E-state index is 0.130. The van der Waals surface area contributed by atoms with E-state index in [0.29, 0.717) is 0 Å². The number of methoxy groups -OCH3 is 2. The zero-order valence-electron chi connectivity index (χ0n) is 18.5. The van der Waals surface area contributed by atoms with Crippen molar-refractivity contribution >= 4 is 0 Å². The first-order valence-electron chi connectivity index (χ1n) is 9.54. The zero-order valence-corrected chi connectivity index (χ0v) is 18.5. The molecule has 0 aliphatic carbocycles. The maximum atomic E-state index is 9.98. The first-order valence-corrected chi connectivity index (χ1v) is 9.54. The van der Waals surface area contributed by atoms with E-state index in [0.717, 1.165) is 22.6 Å². The van der Waals surface area contributed by atoms with Crippen molar-refractivity contribution in [3.8, 4) is 11.5 Å². The average molecular weight is 389 g/mol. The van der Waals surface area contributed by atoms with Gasteiger partial charge in [0.05, 0.1) is 26.4 Å². The summed E-state index contributed by atoms with van der Waals surface area (Å²) in [6.45, 7) is 12.1. The van der Waals surface area contributed by atoms with Gasteiger partial charge in [-0.05, 0) is 46.2 Å². The molecule has 4 nitrogen and oxygen atoms in total. The van der Waals surface area contributed by atoms with Crippen molar-refractivity contribution in [3.63, 3.8) is 0 Å². The first-order chi connectivity index (χ1) is 12.9. The van der Waals surface area contributed by atoms with Crippen LogP contribution in [0.25, 0.3) is 0 Å². The molecule has 28 heavy (non-hydrogen) atoms. The lowest BCUT2D eigenvalue weighted by atomic mass is 9.85. The van der Waals surface area contributed by atoms with Gasteiger partial charge < -0.3 is 19.7 Å². The molecule has 0 radical (unpaired) electrons. The van der Waals surface area contributed by atoms with Crippen molar-refractivity contribution in [2.24, 2.45) is 10.8 Å². The fraction of sp³-hybridized carbons (Fsp3) is 0.500. The maximum absolute atomic E-state index is 9.98. The molecule has 0 saturated carbocycles. The van der Waals surface area contributed by atoms with Crippen molar-refractivity contribution in [2.45, 2.75) is 53.8 Å². The zero-order chi connectivity index (χ0) is 21.5. The van der Waals surface area contributed by atoms with E-state index >= 15 is 0 Å². The van der Waals surface area contributed by atoms with Crippen LogP contribution in [0.15, 0.2) is 48.5 Å². The van der Waals surface area contributed by atoms with Crippen molar-refractivity contribution in [1.29, 1.82) is 0 Å². The fourth-order valence-corrected chi connectivity index (χ4v) is 2.57. The molecule has 2 N–H and O–H groups in total. The van der Waals surface area contributed by atoms with Crippen molar-refractivity contribution < 1.29 is 19.7 Å². The Kier molecular flexibility index (Phi) is 8.52. The highest BCUT2D eigenvalue weighted by molar-refractivity contribution is 5.29. The highest BCUT2D eigenvalue weighted by Gasteiger charge is 2.24. The van der Waals surface area contributed by atoms with Gasteiger partial charge >= 0.3 is 0 Å². The van der Waals surface area contributed by atoms with E-state index in [2.05, 4.69) is 0 Å². The quantitative estimate of drug-likeness (QED) is 0.721. The van der Waals surface area contributed by atoms with E-state index in [9.17, 15) is 10.2 Å². The maximum Gasteiger partial charge on any atom is 0.118 e. The molecule has 0 bridgehead atoms. The smallest absolute Gasteiger partial charge is 0.118 e. The van der Waals surface area contributed by atoms with Crippen LogP contribution in [0, 0.1) is 10.8 Å². The number of aliphatic hydroxyl groups excluding tert-OH is 2. The summed E-state index contributed by atoms with van der Waals surface area (Å²) in [7, 11) is 3.27. The van der Waals surface area contributed by atoms with Gasteiger partial charge in [0.25, 0.3) is 0 Å². The summed E-state index contributed by atoms with van der Waals surface area (Å²) in [4.78, 5) is 0. The Morgan fingerprint density at radius 2 is 0.821 bits per heavy atom. The molecule has 4 heteroatoms. The van der Waals surface area contributed by atoms with Gasteiger partial charge in [-0.15, -0.1) is 0 Å². The predicted molar refractivity (Wildman–Crippen MR) is 115 cm³/mol. The van der Waals surface area contributed by atoms with Crippen LogP contribution in [0.3, 0.4) is 0 Å². The lowest BCUT2D eigenvalue weighted by molar-refractivity contribution is 0.0626. The Morgan fingerprint density at radius 1 is 0.571 bits per heavy atom. The van der Waals surface area contributed by atoms with E-state index in [1.54, 1.807) is 14.2 Å². The van der Waals surface area contributed by atoms with E-state index in [-0.39, 0.29) is 10.8 Å². The number of aliphatic hydroxyl groups is 2. The lowest BCUT2D eigenvalue weighted by Gasteiger charge is -2.26. The van der Waals surface area contributed by atoms with Gasteiger partial charge in [0.1, 0.15) is 11.5 Å². The number of hydrogen-bond acceptors (Lipinski definition) is 4. The Morgan fingerprint density at radius 3 is 1.00 bits per heavy atom. The third-order valence-electron chi connectivity index (χ3n) is 4.50. The standard InChI is InChI=1S/2C12H18O2/c2*1-12(2,3)11(13)9-5-7-10(14-4)8-6-9/h2*5-8,11,13H,1-4H3/t2*11-/m10/s1. The topological polar surface area (TPSA) is 58.9 Å². The number of ether oxygens (including phenoxy) is 2. The van der Waals surface area contributed by atoms with Crippen molar-refractivity contribution in [3.05, 3.63) is 59.7 Å². The van der Waals surface area contributed by atoms with Crippen LogP contribution in [0.4, 0.5) is 0 Å². The molecule has 2 atom stereocenters. The molecule has 2 aromatic rings. The molecule has 0 aliphatic rings. The Balaban J connectivity index is 0.000000280.